The number of hydrogen-bond donors (Lipinski definition) is 0. The third kappa shape index (κ3) is 4.22. The number of carbonyl (C=O) groups is 2. The fourth-order valence-corrected chi connectivity index (χ4v) is 0.526. The van der Waals surface area contributed by atoms with E-state index in [9.17, 15) is 9.59 Å². The molecule has 0 atom stereocenters. The number of carbonyl (C=O) groups excluding carboxylic acids is 2. The molecule has 1 aliphatic rings. The van der Waals surface area contributed by atoms with Gasteiger partial charge in [0, 0.05) is 0 Å². The Kier molecular flexibility index (Phi) is 5.54. The number of hydrogen-bond acceptors (Lipinski definition) is 4. The van der Waals surface area contributed by atoms with Crippen molar-refractivity contribution in [3.05, 3.63) is 0 Å². The summed E-state index contributed by atoms with van der Waals surface area (Å²) in [5.74, 6) is -0.522. The minimum absolute atomic E-state index is 0. The first kappa shape index (κ1) is 11.6. The van der Waals surface area contributed by atoms with Crippen LogP contribution in [0.3, 0.4) is 0 Å². The van der Waals surface area contributed by atoms with E-state index in [0.29, 0.717) is 0 Å². The molecule has 0 amide bonds. The molecule has 0 radical (unpaired) electrons. The Balaban J connectivity index is 0.000001000. The molecule has 0 heterocycles. The van der Waals surface area contributed by atoms with Gasteiger partial charge in [-0.1, -0.05) is 0 Å². The van der Waals surface area contributed by atoms with Crippen LogP contribution >= 0.6 is 0 Å². The topological polar surface area (TPSA) is 52.6 Å². The first-order valence-corrected chi connectivity index (χ1v) is 3.03. The Morgan fingerprint density at radius 1 is 1.36 bits per heavy atom. The summed E-state index contributed by atoms with van der Waals surface area (Å²) in [6.45, 7) is 0. The van der Waals surface area contributed by atoms with Gasteiger partial charge >= 0.3 is 63.5 Å². The molecule has 0 spiro atoms. The van der Waals surface area contributed by atoms with E-state index < -0.39 is 12.1 Å². The maximum absolute atomic E-state index is 10.7. The molecule has 0 aromatic heterocycles. The van der Waals surface area contributed by atoms with Crippen LogP contribution in [-0.4, -0.2) is 70.6 Å². The van der Waals surface area contributed by atoms with Gasteiger partial charge in [-0.25, -0.2) is 4.79 Å². The summed E-state index contributed by atoms with van der Waals surface area (Å²) >= 11 is 0. The SMILES string of the molecule is COC(=O)OC(=O)C1CC1.[KH]. The fraction of sp³-hybridized carbons (Fsp3) is 0.667. The molecule has 4 nitrogen and oxygen atoms in total. The Morgan fingerprint density at radius 3 is 2.27 bits per heavy atom. The molecule has 0 aliphatic heterocycles. The van der Waals surface area contributed by atoms with Crippen molar-refractivity contribution in [2.24, 2.45) is 5.92 Å². The van der Waals surface area contributed by atoms with Gasteiger partial charge in [-0.3, -0.25) is 4.79 Å². The zero-order valence-corrected chi connectivity index (χ0v) is 5.62. The second-order valence-electron chi connectivity index (χ2n) is 2.15. The van der Waals surface area contributed by atoms with E-state index in [2.05, 4.69) is 9.47 Å². The minimum atomic E-state index is -0.920. The molecule has 1 aliphatic carbocycles. The number of ether oxygens (including phenoxy) is 2. The molecule has 1 fully saturated rings. The average Bonchev–Trinajstić information content (AvgIpc) is 2.68. The predicted molar refractivity (Wildman–Crippen MR) is 38.4 cm³/mol. The third-order valence-electron chi connectivity index (χ3n) is 1.26. The van der Waals surface area contributed by atoms with Gasteiger partial charge in [0.1, 0.15) is 0 Å². The van der Waals surface area contributed by atoms with E-state index >= 15 is 0 Å². The molecule has 0 unspecified atom stereocenters. The van der Waals surface area contributed by atoms with Crippen LogP contribution in [-0.2, 0) is 14.3 Å². The van der Waals surface area contributed by atoms with E-state index in [1.165, 1.54) is 7.11 Å². The van der Waals surface area contributed by atoms with Crippen LogP contribution in [0.15, 0.2) is 0 Å². The van der Waals surface area contributed by atoms with Crippen LogP contribution in [0.4, 0.5) is 4.79 Å². The number of esters is 1. The van der Waals surface area contributed by atoms with Gasteiger partial charge in [0.05, 0.1) is 13.0 Å². The summed E-state index contributed by atoms with van der Waals surface area (Å²) in [7, 11) is 1.17. The van der Waals surface area contributed by atoms with E-state index in [1.807, 2.05) is 0 Å². The molecule has 5 heteroatoms. The Morgan fingerprint density at radius 2 is 1.91 bits per heavy atom. The van der Waals surface area contributed by atoms with E-state index in [4.69, 9.17) is 0 Å². The summed E-state index contributed by atoms with van der Waals surface area (Å²) in [5, 5.41) is 0. The Labute approximate surface area is 107 Å². The molecular formula is C6H9KO4. The summed E-state index contributed by atoms with van der Waals surface area (Å²) in [6, 6.07) is 0. The van der Waals surface area contributed by atoms with Crippen molar-refractivity contribution in [2.45, 2.75) is 12.8 Å². The molecular weight excluding hydrogens is 175 g/mol. The van der Waals surface area contributed by atoms with Gasteiger partial charge in [0.15, 0.2) is 0 Å². The summed E-state index contributed by atoms with van der Waals surface area (Å²) in [6.07, 6.45) is 0.739. The second kappa shape index (κ2) is 5.26. The summed E-state index contributed by atoms with van der Waals surface area (Å²) < 4.78 is 8.34. The van der Waals surface area contributed by atoms with Crippen molar-refractivity contribution in [3.8, 4) is 0 Å². The van der Waals surface area contributed by atoms with Crippen LogP contribution in [0.25, 0.3) is 0 Å². The van der Waals surface area contributed by atoms with Crippen LogP contribution in [0.5, 0.6) is 0 Å². The van der Waals surface area contributed by atoms with Gasteiger partial charge < -0.3 is 9.47 Å². The molecule has 1 rings (SSSR count). The van der Waals surface area contributed by atoms with E-state index in [1.54, 1.807) is 0 Å². The van der Waals surface area contributed by atoms with Crippen LogP contribution in [0.1, 0.15) is 12.8 Å². The number of rotatable bonds is 1. The van der Waals surface area contributed by atoms with Gasteiger partial charge in [0.2, 0.25) is 0 Å². The first-order valence-electron chi connectivity index (χ1n) is 3.03. The predicted octanol–water partition coefficient (Wildman–Crippen LogP) is 0.0575. The molecule has 58 valence electrons. The fourth-order valence-electron chi connectivity index (χ4n) is 0.526. The van der Waals surface area contributed by atoms with E-state index in [-0.39, 0.29) is 57.3 Å². The monoisotopic (exact) mass is 184 g/mol. The normalized spacial score (nSPS) is 14.6. The van der Waals surface area contributed by atoms with Crippen molar-refractivity contribution >= 4 is 63.5 Å². The van der Waals surface area contributed by atoms with Crippen LogP contribution < -0.4 is 0 Å². The Bertz CT molecular complexity index is 164. The zero-order valence-electron chi connectivity index (χ0n) is 5.62. The zero-order chi connectivity index (χ0) is 7.56. The summed E-state index contributed by atoms with van der Waals surface area (Å²) in [4.78, 5) is 20.9. The van der Waals surface area contributed by atoms with E-state index in [0.717, 1.165) is 12.8 Å². The second-order valence-corrected chi connectivity index (χ2v) is 2.15. The number of methoxy groups -OCH3 is 1. The molecule has 0 aromatic rings. The molecule has 0 saturated heterocycles. The standard InChI is InChI=1S/C6H8O4.K.H/c1-9-6(8)10-5(7)4-2-3-4;;/h4H,2-3H2,1H3;;. The van der Waals surface area contributed by atoms with Crippen molar-refractivity contribution in [1.82, 2.24) is 0 Å². The maximum atomic E-state index is 10.7. The van der Waals surface area contributed by atoms with Crippen LogP contribution in [0, 0.1) is 5.92 Å². The van der Waals surface area contributed by atoms with Gasteiger partial charge in [0.25, 0.3) is 0 Å². The molecule has 11 heavy (non-hydrogen) atoms. The quantitative estimate of drug-likeness (QED) is 0.328. The van der Waals surface area contributed by atoms with Gasteiger partial charge in [-0.2, -0.15) is 0 Å². The Hall–Kier alpha value is 0.576. The van der Waals surface area contributed by atoms with Crippen LogP contribution in [0.2, 0.25) is 0 Å². The summed E-state index contributed by atoms with van der Waals surface area (Å²) in [5.41, 5.74) is 0. The average molecular weight is 184 g/mol. The molecule has 1 saturated carbocycles. The molecule has 0 N–H and O–H groups in total. The first-order chi connectivity index (χ1) is 4.74. The van der Waals surface area contributed by atoms with Crippen molar-refractivity contribution in [2.75, 3.05) is 7.11 Å². The third-order valence-corrected chi connectivity index (χ3v) is 1.26. The van der Waals surface area contributed by atoms with Crippen molar-refractivity contribution in [1.29, 1.82) is 0 Å². The van der Waals surface area contributed by atoms with Crippen molar-refractivity contribution < 1.29 is 19.1 Å². The van der Waals surface area contributed by atoms with Crippen molar-refractivity contribution in [3.63, 3.8) is 0 Å². The molecule has 0 aromatic carbocycles. The van der Waals surface area contributed by atoms with Gasteiger partial charge in [-0.05, 0) is 12.8 Å². The molecule has 0 bridgehead atoms. The van der Waals surface area contributed by atoms with Gasteiger partial charge in [-0.15, -0.1) is 0 Å².